The number of Topliss-reactive ketones (excluding diaryl/α,β-unsaturated/α-hetero) is 1. The third kappa shape index (κ3) is 5.50. The number of rotatable bonds is 7. The second kappa shape index (κ2) is 9.28. The first-order valence-corrected chi connectivity index (χ1v) is 9.17. The molecule has 6 nitrogen and oxygen atoms in total. The first-order chi connectivity index (χ1) is 13.2. The Morgan fingerprint density at radius 3 is 2.39 bits per heavy atom. The minimum absolute atomic E-state index is 0.0654. The fraction of sp³-hybridized carbons (Fsp3) is 0.318. The van der Waals surface area contributed by atoms with Crippen LogP contribution in [0.2, 0.25) is 0 Å². The molecule has 0 fully saturated rings. The number of nitrogens with one attached hydrogen (secondary N) is 2. The zero-order chi connectivity index (χ0) is 20.8. The highest BCUT2D eigenvalue weighted by molar-refractivity contribution is 5.99. The molecular weight excluding hydrogens is 354 g/mol. The summed E-state index contributed by atoms with van der Waals surface area (Å²) in [5, 5.41) is 5.69. The van der Waals surface area contributed by atoms with Gasteiger partial charge >= 0.3 is 0 Å². The molecule has 28 heavy (non-hydrogen) atoms. The molecule has 0 aliphatic heterocycles. The summed E-state index contributed by atoms with van der Waals surface area (Å²) in [6.45, 7) is 7.24. The average Bonchev–Trinajstić information content (AvgIpc) is 2.64. The van der Waals surface area contributed by atoms with Gasteiger partial charge in [0.25, 0.3) is 0 Å². The van der Waals surface area contributed by atoms with Crippen molar-refractivity contribution in [1.82, 2.24) is 4.90 Å². The van der Waals surface area contributed by atoms with Gasteiger partial charge in [0, 0.05) is 16.9 Å². The summed E-state index contributed by atoms with van der Waals surface area (Å²) in [4.78, 5) is 38.0. The summed E-state index contributed by atoms with van der Waals surface area (Å²) in [5.74, 6) is -0.499. The molecule has 2 amide bonds. The molecule has 2 N–H and O–H groups in total. The summed E-state index contributed by atoms with van der Waals surface area (Å²) in [6.07, 6.45) is 0. The Morgan fingerprint density at radius 1 is 1.04 bits per heavy atom. The van der Waals surface area contributed by atoms with Crippen LogP contribution in [0.3, 0.4) is 0 Å². The van der Waals surface area contributed by atoms with Crippen LogP contribution in [0.1, 0.15) is 35.3 Å². The van der Waals surface area contributed by atoms with Gasteiger partial charge in [0.2, 0.25) is 11.8 Å². The molecule has 148 valence electrons. The Balaban J connectivity index is 1.95. The number of carbonyl (C=O) groups excluding carboxylic acids is 3. The lowest BCUT2D eigenvalue weighted by atomic mass is 10.1. The van der Waals surface area contributed by atoms with Gasteiger partial charge in [-0.25, -0.2) is 0 Å². The summed E-state index contributed by atoms with van der Waals surface area (Å²) < 4.78 is 0. The molecule has 0 bridgehead atoms. The number of anilines is 2. The van der Waals surface area contributed by atoms with E-state index in [0.29, 0.717) is 11.3 Å². The molecule has 1 atom stereocenters. The van der Waals surface area contributed by atoms with Gasteiger partial charge in [-0.1, -0.05) is 24.3 Å². The first kappa shape index (κ1) is 21.3. The highest BCUT2D eigenvalue weighted by Crippen LogP contribution is 2.18. The molecule has 0 radical (unpaired) electrons. The Hall–Kier alpha value is -2.99. The Bertz CT molecular complexity index is 892. The largest absolute Gasteiger partial charge is 0.325 e. The standard InChI is InChI=1S/C22H27N3O3/c1-14-8-6-11-20(15(14)2)24-21(27)13-25(5)16(3)22(28)23-19-10-7-9-18(12-19)17(4)26/h6-12,16H,13H2,1-5H3,(H,23,28)(H,24,27)/t16-/m0/s1. The molecule has 2 aromatic rings. The van der Waals surface area contributed by atoms with Gasteiger partial charge in [0.1, 0.15) is 0 Å². The summed E-state index contributed by atoms with van der Waals surface area (Å²) in [6, 6.07) is 12.0. The number of aryl methyl sites for hydroxylation is 1. The van der Waals surface area contributed by atoms with Crippen molar-refractivity contribution in [3.8, 4) is 0 Å². The zero-order valence-electron chi connectivity index (χ0n) is 17.0. The van der Waals surface area contributed by atoms with Gasteiger partial charge in [-0.3, -0.25) is 19.3 Å². The van der Waals surface area contributed by atoms with Gasteiger partial charge < -0.3 is 10.6 Å². The molecule has 0 aliphatic carbocycles. The number of carbonyl (C=O) groups is 3. The van der Waals surface area contributed by atoms with Crippen molar-refractivity contribution < 1.29 is 14.4 Å². The van der Waals surface area contributed by atoms with Crippen molar-refractivity contribution in [3.05, 3.63) is 59.2 Å². The minimum Gasteiger partial charge on any atom is -0.325 e. The molecular formula is C22H27N3O3. The van der Waals surface area contributed by atoms with Crippen LogP contribution >= 0.6 is 0 Å². The molecule has 2 rings (SSSR count). The highest BCUT2D eigenvalue weighted by Gasteiger charge is 2.20. The summed E-state index contributed by atoms with van der Waals surface area (Å²) in [7, 11) is 1.72. The molecule has 2 aromatic carbocycles. The van der Waals surface area contributed by atoms with E-state index in [1.165, 1.54) is 6.92 Å². The van der Waals surface area contributed by atoms with Crippen LogP contribution in [0.25, 0.3) is 0 Å². The Labute approximate surface area is 165 Å². The van der Waals surface area contributed by atoms with Crippen molar-refractivity contribution in [2.24, 2.45) is 0 Å². The topological polar surface area (TPSA) is 78.5 Å². The normalized spacial score (nSPS) is 11.8. The van der Waals surface area contributed by atoms with Crippen molar-refractivity contribution in [1.29, 1.82) is 0 Å². The highest BCUT2D eigenvalue weighted by atomic mass is 16.2. The quantitative estimate of drug-likeness (QED) is 0.721. The smallest absolute Gasteiger partial charge is 0.241 e. The summed E-state index contributed by atoms with van der Waals surface area (Å²) >= 11 is 0. The van der Waals surface area contributed by atoms with E-state index < -0.39 is 6.04 Å². The van der Waals surface area contributed by atoms with Crippen LogP contribution in [-0.2, 0) is 9.59 Å². The maximum absolute atomic E-state index is 12.5. The second-order valence-corrected chi connectivity index (χ2v) is 7.01. The molecule has 0 saturated carbocycles. The van der Waals surface area contributed by atoms with E-state index in [-0.39, 0.29) is 24.1 Å². The van der Waals surface area contributed by atoms with Gasteiger partial charge in [-0.05, 0) is 64.1 Å². The van der Waals surface area contributed by atoms with Crippen molar-refractivity contribution in [2.45, 2.75) is 33.7 Å². The first-order valence-electron chi connectivity index (χ1n) is 9.17. The van der Waals surface area contributed by atoms with Gasteiger partial charge in [0.05, 0.1) is 12.6 Å². The molecule has 0 saturated heterocycles. The fourth-order valence-electron chi connectivity index (χ4n) is 2.70. The van der Waals surface area contributed by atoms with Crippen LogP contribution in [0.15, 0.2) is 42.5 Å². The van der Waals surface area contributed by atoms with Gasteiger partial charge in [-0.2, -0.15) is 0 Å². The molecule has 0 aliphatic rings. The van der Waals surface area contributed by atoms with E-state index in [2.05, 4.69) is 10.6 Å². The number of amides is 2. The van der Waals surface area contributed by atoms with Crippen molar-refractivity contribution in [2.75, 3.05) is 24.2 Å². The molecule has 0 spiro atoms. The molecule has 0 aromatic heterocycles. The number of nitrogens with zero attached hydrogens (tertiary/aromatic N) is 1. The Morgan fingerprint density at radius 2 is 1.71 bits per heavy atom. The number of hydrogen-bond donors (Lipinski definition) is 2. The van der Waals surface area contributed by atoms with Gasteiger partial charge in [0.15, 0.2) is 5.78 Å². The second-order valence-electron chi connectivity index (χ2n) is 7.01. The van der Waals surface area contributed by atoms with Crippen LogP contribution in [0.4, 0.5) is 11.4 Å². The number of likely N-dealkylation sites (N-methyl/N-ethyl adjacent to an activating group) is 1. The van der Waals surface area contributed by atoms with E-state index in [4.69, 9.17) is 0 Å². The van der Waals surface area contributed by atoms with Crippen LogP contribution in [-0.4, -0.2) is 42.1 Å². The monoisotopic (exact) mass is 381 g/mol. The lowest BCUT2D eigenvalue weighted by Gasteiger charge is -2.23. The molecule has 0 heterocycles. The van der Waals surface area contributed by atoms with Crippen molar-refractivity contribution in [3.63, 3.8) is 0 Å². The minimum atomic E-state index is -0.523. The van der Waals surface area contributed by atoms with Crippen LogP contribution in [0, 0.1) is 13.8 Å². The fourth-order valence-corrected chi connectivity index (χ4v) is 2.70. The van der Waals surface area contributed by atoms with E-state index >= 15 is 0 Å². The van der Waals surface area contributed by atoms with Crippen molar-refractivity contribution >= 4 is 29.0 Å². The van der Waals surface area contributed by atoms with Crippen LogP contribution in [0.5, 0.6) is 0 Å². The molecule has 0 unspecified atom stereocenters. The average molecular weight is 381 g/mol. The third-order valence-electron chi connectivity index (χ3n) is 4.85. The Kier molecular flexibility index (Phi) is 7.06. The zero-order valence-corrected chi connectivity index (χ0v) is 17.0. The third-order valence-corrected chi connectivity index (χ3v) is 4.85. The number of benzene rings is 2. The van der Waals surface area contributed by atoms with Gasteiger partial charge in [-0.15, -0.1) is 0 Å². The van der Waals surface area contributed by atoms with E-state index in [1.807, 2.05) is 32.0 Å². The number of hydrogen-bond acceptors (Lipinski definition) is 4. The lowest BCUT2D eigenvalue weighted by molar-refractivity contribution is -0.122. The molecule has 6 heteroatoms. The van der Waals surface area contributed by atoms with E-state index in [0.717, 1.165) is 16.8 Å². The van der Waals surface area contributed by atoms with Crippen LogP contribution < -0.4 is 10.6 Å². The predicted molar refractivity (Wildman–Crippen MR) is 112 cm³/mol. The predicted octanol–water partition coefficient (Wildman–Crippen LogP) is 3.40. The summed E-state index contributed by atoms with van der Waals surface area (Å²) in [5.41, 5.74) is 3.99. The number of ketones is 1. The maximum atomic E-state index is 12.5. The van der Waals surface area contributed by atoms with E-state index in [1.54, 1.807) is 43.1 Å². The maximum Gasteiger partial charge on any atom is 0.241 e. The van der Waals surface area contributed by atoms with E-state index in [9.17, 15) is 14.4 Å². The lowest BCUT2D eigenvalue weighted by Crippen LogP contribution is -2.43. The SMILES string of the molecule is CC(=O)c1cccc(NC(=O)[C@H](C)N(C)CC(=O)Nc2cccc(C)c2C)c1.